The molecule has 3 heterocycles. The third-order valence-corrected chi connectivity index (χ3v) is 4.24. The van der Waals surface area contributed by atoms with Crippen LogP contribution in [0.2, 0.25) is 0 Å². The van der Waals surface area contributed by atoms with E-state index in [9.17, 15) is 0 Å². The lowest BCUT2D eigenvalue weighted by atomic mass is 9.99. The molecule has 2 unspecified atom stereocenters. The standard InChI is InChI=1S/C14H22N4/c1-11-8-16-12(9-15-11)10-17-13-5-7-18-6-3-2-4-14(13)18/h8-9,13-14,17H,2-7,10H2,1H3. The number of aryl methyl sites for hydroxylation is 1. The third kappa shape index (κ3) is 2.54. The van der Waals surface area contributed by atoms with Crippen molar-refractivity contribution in [3.8, 4) is 0 Å². The fraction of sp³-hybridized carbons (Fsp3) is 0.714. The zero-order valence-electron chi connectivity index (χ0n) is 11.1. The summed E-state index contributed by atoms with van der Waals surface area (Å²) in [4.78, 5) is 11.4. The van der Waals surface area contributed by atoms with Gasteiger partial charge in [0.2, 0.25) is 0 Å². The lowest BCUT2D eigenvalue weighted by molar-refractivity contribution is 0.180. The quantitative estimate of drug-likeness (QED) is 0.877. The largest absolute Gasteiger partial charge is 0.307 e. The highest BCUT2D eigenvalue weighted by Gasteiger charge is 2.34. The van der Waals surface area contributed by atoms with Crippen molar-refractivity contribution in [1.29, 1.82) is 0 Å². The summed E-state index contributed by atoms with van der Waals surface area (Å²) in [7, 11) is 0. The van der Waals surface area contributed by atoms with Gasteiger partial charge in [0.05, 0.1) is 11.4 Å². The molecule has 0 aromatic carbocycles. The molecule has 18 heavy (non-hydrogen) atoms. The summed E-state index contributed by atoms with van der Waals surface area (Å²) in [6.45, 7) is 5.39. The molecule has 98 valence electrons. The summed E-state index contributed by atoms with van der Waals surface area (Å²) in [5.41, 5.74) is 2.04. The average Bonchev–Trinajstić information content (AvgIpc) is 2.82. The van der Waals surface area contributed by atoms with E-state index in [0.717, 1.165) is 24.0 Å². The Balaban J connectivity index is 1.55. The highest BCUT2D eigenvalue weighted by atomic mass is 15.2. The minimum Gasteiger partial charge on any atom is -0.307 e. The number of nitrogens with zero attached hydrogens (tertiary/aromatic N) is 3. The van der Waals surface area contributed by atoms with Crippen LogP contribution in [0.25, 0.3) is 0 Å². The molecule has 4 heteroatoms. The highest BCUT2D eigenvalue weighted by Crippen LogP contribution is 2.27. The highest BCUT2D eigenvalue weighted by molar-refractivity contribution is 5.02. The molecule has 0 bridgehead atoms. The summed E-state index contributed by atoms with van der Waals surface area (Å²) >= 11 is 0. The normalized spacial score (nSPS) is 28.3. The second-order valence-electron chi connectivity index (χ2n) is 5.52. The molecule has 4 nitrogen and oxygen atoms in total. The number of hydrogen-bond donors (Lipinski definition) is 1. The number of fused-ring (bicyclic) bond motifs is 1. The molecule has 0 spiro atoms. The second-order valence-corrected chi connectivity index (χ2v) is 5.52. The molecule has 0 radical (unpaired) electrons. The lowest BCUT2D eigenvalue weighted by Gasteiger charge is -2.32. The van der Waals surface area contributed by atoms with Crippen molar-refractivity contribution in [1.82, 2.24) is 20.2 Å². The van der Waals surface area contributed by atoms with Crippen LogP contribution in [0.3, 0.4) is 0 Å². The maximum atomic E-state index is 4.40. The van der Waals surface area contributed by atoms with Crippen LogP contribution in [0.4, 0.5) is 0 Å². The zero-order chi connectivity index (χ0) is 12.4. The molecule has 0 amide bonds. The Morgan fingerprint density at radius 1 is 1.22 bits per heavy atom. The minimum absolute atomic E-state index is 0.647. The van der Waals surface area contributed by atoms with Crippen LogP contribution in [0.1, 0.15) is 37.1 Å². The van der Waals surface area contributed by atoms with Crippen molar-refractivity contribution in [2.45, 2.75) is 51.2 Å². The Morgan fingerprint density at radius 2 is 2.17 bits per heavy atom. The Morgan fingerprint density at radius 3 is 3.00 bits per heavy atom. The first kappa shape index (κ1) is 12.1. The molecule has 2 fully saturated rings. The molecule has 1 N–H and O–H groups in total. The van der Waals surface area contributed by atoms with Gasteiger partial charge in [0.1, 0.15) is 0 Å². The molecule has 2 aliphatic rings. The van der Waals surface area contributed by atoms with Gasteiger partial charge in [0, 0.05) is 37.6 Å². The number of hydrogen-bond acceptors (Lipinski definition) is 4. The zero-order valence-corrected chi connectivity index (χ0v) is 11.1. The summed E-state index contributed by atoms with van der Waals surface area (Å²) < 4.78 is 0. The van der Waals surface area contributed by atoms with E-state index in [0.29, 0.717) is 6.04 Å². The monoisotopic (exact) mass is 246 g/mol. The fourth-order valence-corrected chi connectivity index (χ4v) is 3.23. The second kappa shape index (κ2) is 5.33. The molecule has 0 saturated carbocycles. The van der Waals surface area contributed by atoms with Gasteiger partial charge < -0.3 is 5.32 Å². The first-order chi connectivity index (χ1) is 8.83. The van der Waals surface area contributed by atoms with E-state index >= 15 is 0 Å². The van der Waals surface area contributed by atoms with Crippen LogP contribution in [0, 0.1) is 6.92 Å². The Bertz CT molecular complexity index is 389. The predicted octanol–water partition coefficient (Wildman–Crippen LogP) is 1.50. The van der Waals surface area contributed by atoms with Gasteiger partial charge >= 0.3 is 0 Å². The van der Waals surface area contributed by atoms with Gasteiger partial charge in [-0.2, -0.15) is 0 Å². The van der Waals surface area contributed by atoms with Gasteiger partial charge in [0.25, 0.3) is 0 Å². The Kier molecular flexibility index (Phi) is 3.57. The molecule has 2 aliphatic heterocycles. The topological polar surface area (TPSA) is 41.1 Å². The molecular weight excluding hydrogens is 224 g/mol. The van der Waals surface area contributed by atoms with E-state index in [2.05, 4.69) is 20.2 Å². The van der Waals surface area contributed by atoms with Crippen molar-refractivity contribution in [2.75, 3.05) is 13.1 Å². The van der Waals surface area contributed by atoms with Crippen molar-refractivity contribution in [2.24, 2.45) is 0 Å². The molecular formula is C14H22N4. The SMILES string of the molecule is Cc1cnc(CNC2CCN3CCCCC23)cn1. The lowest BCUT2D eigenvalue weighted by Crippen LogP contribution is -2.44. The average molecular weight is 246 g/mol. The molecule has 3 rings (SSSR count). The van der Waals surface area contributed by atoms with E-state index in [1.807, 2.05) is 19.3 Å². The first-order valence-electron chi connectivity index (χ1n) is 7.08. The van der Waals surface area contributed by atoms with E-state index in [1.54, 1.807) is 0 Å². The van der Waals surface area contributed by atoms with Gasteiger partial charge in [-0.1, -0.05) is 6.42 Å². The van der Waals surface area contributed by atoms with E-state index in [1.165, 1.54) is 38.8 Å². The van der Waals surface area contributed by atoms with Gasteiger partial charge in [-0.05, 0) is 32.7 Å². The molecule has 1 aromatic rings. The van der Waals surface area contributed by atoms with Crippen molar-refractivity contribution in [3.05, 3.63) is 23.8 Å². The minimum atomic E-state index is 0.647. The van der Waals surface area contributed by atoms with Crippen LogP contribution in [0.15, 0.2) is 12.4 Å². The smallest absolute Gasteiger partial charge is 0.0724 e. The van der Waals surface area contributed by atoms with Gasteiger partial charge in [0.15, 0.2) is 0 Å². The van der Waals surface area contributed by atoms with Crippen molar-refractivity contribution >= 4 is 0 Å². The third-order valence-electron chi connectivity index (χ3n) is 4.24. The number of aromatic nitrogens is 2. The molecule has 2 saturated heterocycles. The summed E-state index contributed by atoms with van der Waals surface area (Å²) in [5.74, 6) is 0. The Labute approximate surface area is 109 Å². The van der Waals surface area contributed by atoms with E-state index < -0.39 is 0 Å². The summed E-state index contributed by atoms with van der Waals surface area (Å²) in [6.07, 6.45) is 9.14. The van der Waals surface area contributed by atoms with Crippen LogP contribution in [0.5, 0.6) is 0 Å². The van der Waals surface area contributed by atoms with Crippen LogP contribution in [-0.4, -0.2) is 40.0 Å². The summed E-state index contributed by atoms with van der Waals surface area (Å²) in [5, 5.41) is 3.67. The van der Waals surface area contributed by atoms with Crippen LogP contribution < -0.4 is 5.32 Å². The first-order valence-corrected chi connectivity index (χ1v) is 7.08. The van der Waals surface area contributed by atoms with Crippen molar-refractivity contribution in [3.63, 3.8) is 0 Å². The number of piperidine rings is 1. The maximum absolute atomic E-state index is 4.40. The number of rotatable bonds is 3. The summed E-state index contributed by atoms with van der Waals surface area (Å²) in [6, 6.07) is 1.41. The van der Waals surface area contributed by atoms with Gasteiger partial charge in [-0.25, -0.2) is 0 Å². The predicted molar refractivity (Wildman–Crippen MR) is 71.2 cm³/mol. The van der Waals surface area contributed by atoms with Crippen molar-refractivity contribution < 1.29 is 0 Å². The van der Waals surface area contributed by atoms with E-state index in [4.69, 9.17) is 0 Å². The molecule has 0 aliphatic carbocycles. The fourth-order valence-electron chi connectivity index (χ4n) is 3.23. The van der Waals surface area contributed by atoms with Gasteiger partial charge in [-0.15, -0.1) is 0 Å². The van der Waals surface area contributed by atoms with E-state index in [-0.39, 0.29) is 0 Å². The van der Waals surface area contributed by atoms with Gasteiger partial charge in [-0.3, -0.25) is 14.9 Å². The van der Waals surface area contributed by atoms with Crippen LogP contribution in [-0.2, 0) is 6.54 Å². The number of nitrogens with one attached hydrogen (secondary N) is 1. The molecule has 2 atom stereocenters. The van der Waals surface area contributed by atoms with Crippen LogP contribution >= 0.6 is 0 Å². The Hall–Kier alpha value is -1.00. The molecule has 1 aromatic heterocycles. The maximum Gasteiger partial charge on any atom is 0.0724 e.